The van der Waals surface area contributed by atoms with Gasteiger partial charge in [-0.1, -0.05) is 6.07 Å². The summed E-state index contributed by atoms with van der Waals surface area (Å²) in [6.45, 7) is 0.254. The highest BCUT2D eigenvalue weighted by atomic mass is 32.2. The van der Waals surface area contributed by atoms with E-state index >= 15 is 0 Å². The molecule has 0 aromatic carbocycles. The molecule has 21 heavy (non-hydrogen) atoms. The van der Waals surface area contributed by atoms with Crippen molar-refractivity contribution < 1.29 is 19.1 Å². The van der Waals surface area contributed by atoms with Crippen LogP contribution in [-0.4, -0.2) is 28.2 Å². The summed E-state index contributed by atoms with van der Waals surface area (Å²) < 4.78 is 5.40. The lowest BCUT2D eigenvalue weighted by Gasteiger charge is -2.03. The predicted octanol–water partition coefficient (Wildman–Crippen LogP) is 2.17. The number of carbonyl (C=O) groups excluding carboxylic acids is 1. The van der Waals surface area contributed by atoms with Crippen molar-refractivity contribution in [1.29, 1.82) is 0 Å². The zero-order valence-electron chi connectivity index (χ0n) is 11.3. The third-order valence-corrected chi connectivity index (χ3v) is 3.24. The topological polar surface area (TPSA) is 92.4 Å². The van der Waals surface area contributed by atoms with Crippen LogP contribution in [0.4, 0.5) is 0 Å². The molecule has 7 heteroatoms. The molecule has 2 N–H and O–H groups in total. The Morgan fingerprint density at radius 2 is 2.14 bits per heavy atom. The van der Waals surface area contributed by atoms with Gasteiger partial charge in [-0.05, 0) is 30.0 Å². The number of amides is 1. The van der Waals surface area contributed by atoms with Crippen molar-refractivity contribution in [3.63, 3.8) is 0 Å². The summed E-state index contributed by atoms with van der Waals surface area (Å²) in [5.74, 6) is 0.329. The van der Waals surface area contributed by atoms with E-state index in [1.54, 1.807) is 30.0 Å². The summed E-state index contributed by atoms with van der Waals surface area (Å²) >= 11 is 1.61. The van der Waals surface area contributed by atoms with E-state index in [4.69, 9.17) is 9.52 Å². The largest absolute Gasteiger partial charge is 0.477 e. The lowest BCUT2D eigenvalue weighted by atomic mass is 10.2. The summed E-state index contributed by atoms with van der Waals surface area (Å²) in [7, 11) is 0. The molecule has 6 nitrogen and oxygen atoms in total. The van der Waals surface area contributed by atoms with Gasteiger partial charge in [0.1, 0.15) is 11.5 Å². The van der Waals surface area contributed by atoms with Gasteiger partial charge in [0.25, 0.3) is 5.91 Å². The highest BCUT2D eigenvalue weighted by Crippen LogP contribution is 2.13. The monoisotopic (exact) mass is 306 g/mol. The number of thioether (sulfide) groups is 1. The number of hydrogen-bond donors (Lipinski definition) is 2. The normalized spacial score (nSPS) is 10.3. The Balaban J connectivity index is 1.92. The molecule has 0 bridgehead atoms. The fourth-order valence-electron chi connectivity index (χ4n) is 1.64. The van der Waals surface area contributed by atoms with Crippen LogP contribution in [0.5, 0.6) is 0 Å². The van der Waals surface area contributed by atoms with E-state index in [0.717, 1.165) is 5.76 Å². The van der Waals surface area contributed by atoms with Gasteiger partial charge in [0, 0.05) is 12.7 Å². The Morgan fingerprint density at radius 1 is 1.33 bits per heavy atom. The first-order chi connectivity index (χ1) is 10.1. The Hall–Kier alpha value is -2.28. The van der Waals surface area contributed by atoms with Crippen LogP contribution in [0.15, 0.2) is 34.9 Å². The molecular weight excluding hydrogens is 292 g/mol. The van der Waals surface area contributed by atoms with E-state index in [1.807, 2.05) is 6.26 Å². The summed E-state index contributed by atoms with van der Waals surface area (Å²) in [6.07, 6.45) is 3.38. The number of aromatic nitrogens is 1. The molecule has 2 aromatic heterocycles. The van der Waals surface area contributed by atoms with Crippen molar-refractivity contribution >= 4 is 23.6 Å². The first-order valence-corrected chi connectivity index (χ1v) is 7.53. The maximum absolute atomic E-state index is 11.9. The fourth-order valence-corrected chi connectivity index (χ4v) is 2.08. The summed E-state index contributed by atoms with van der Waals surface area (Å²) in [5.41, 5.74) is 0.682. The Bertz CT molecular complexity index is 637. The molecule has 0 aliphatic rings. The molecule has 2 heterocycles. The van der Waals surface area contributed by atoms with Gasteiger partial charge < -0.3 is 14.8 Å². The van der Waals surface area contributed by atoms with Crippen molar-refractivity contribution in [2.24, 2.45) is 0 Å². The third-order valence-electron chi connectivity index (χ3n) is 2.67. The van der Waals surface area contributed by atoms with Crippen LogP contribution in [0.1, 0.15) is 32.4 Å². The predicted molar refractivity (Wildman–Crippen MR) is 78.3 cm³/mol. The van der Waals surface area contributed by atoms with E-state index in [2.05, 4.69) is 10.3 Å². The number of pyridine rings is 1. The molecule has 0 radical (unpaired) electrons. The Morgan fingerprint density at radius 3 is 2.76 bits per heavy atom. The van der Waals surface area contributed by atoms with Gasteiger partial charge in [-0.15, -0.1) is 0 Å². The van der Waals surface area contributed by atoms with Crippen LogP contribution in [0.3, 0.4) is 0 Å². The number of aromatic carboxylic acids is 1. The average Bonchev–Trinajstić information content (AvgIpc) is 2.94. The van der Waals surface area contributed by atoms with Gasteiger partial charge in [0.2, 0.25) is 0 Å². The number of hydrogen-bond acceptors (Lipinski definition) is 5. The van der Waals surface area contributed by atoms with Gasteiger partial charge in [0.15, 0.2) is 5.76 Å². The maximum atomic E-state index is 11.9. The van der Waals surface area contributed by atoms with Gasteiger partial charge in [0.05, 0.1) is 5.75 Å². The van der Waals surface area contributed by atoms with E-state index in [9.17, 15) is 9.59 Å². The molecule has 1 amide bonds. The molecule has 2 rings (SSSR count). The number of carboxylic acid groups (broad SMARTS) is 1. The minimum atomic E-state index is -1.08. The number of furan rings is 1. The molecule has 0 fully saturated rings. The zero-order valence-corrected chi connectivity index (χ0v) is 12.1. The molecule has 0 saturated heterocycles. The van der Waals surface area contributed by atoms with Crippen LogP contribution in [0.25, 0.3) is 0 Å². The van der Waals surface area contributed by atoms with Gasteiger partial charge >= 0.3 is 5.97 Å². The highest BCUT2D eigenvalue weighted by Gasteiger charge is 2.11. The van der Waals surface area contributed by atoms with Crippen molar-refractivity contribution in [1.82, 2.24) is 10.3 Å². The number of carboxylic acids is 1. The van der Waals surface area contributed by atoms with Crippen LogP contribution in [-0.2, 0) is 12.3 Å². The summed E-state index contributed by atoms with van der Waals surface area (Å²) in [4.78, 5) is 26.3. The van der Waals surface area contributed by atoms with Crippen molar-refractivity contribution in [3.05, 3.63) is 53.2 Å². The molecule has 0 spiro atoms. The minimum absolute atomic E-state index is 0.0298. The summed E-state index contributed by atoms with van der Waals surface area (Å²) in [5, 5.41) is 11.4. The number of nitrogens with one attached hydrogen (secondary N) is 1. The van der Waals surface area contributed by atoms with E-state index in [0.29, 0.717) is 11.3 Å². The number of carbonyl (C=O) groups is 2. The van der Waals surface area contributed by atoms with Crippen molar-refractivity contribution in [2.75, 3.05) is 6.26 Å². The maximum Gasteiger partial charge on any atom is 0.354 e. The van der Waals surface area contributed by atoms with Gasteiger partial charge in [-0.2, -0.15) is 11.8 Å². The van der Waals surface area contributed by atoms with Crippen LogP contribution >= 0.6 is 11.8 Å². The molecule has 0 aliphatic carbocycles. The van der Waals surface area contributed by atoms with Gasteiger partial charge in [-0.25, -0.2) is 9.78 Å². The Kier molecular flexibility index (Phi) is 4.99. The molecular formula is C14H14N2O4S. The third kappa shape index (κ3) is 4.09. The molecule has 0 unspecified atom stereocenters. The zero-order chi connectivity index (χ0) is 15.2. The smallest absolute Gasteiger partial charge is 0.354 e. The van der Waals surface area contributed by atoms with Gasteiger partial charge in [-0.3, -0.25) is 4.79 Å². The first kappa shape index (κ1) is 15.1. The first-order valence-electron chi connectivity index (χ1n) is 6.14. The van der Waals surface area contributed by atoms with Crippen LogP contribution in [0, 0.1) is 0 Å². The standard InChI is InChI=1S/C14H14N2O4S/c1-21-8-10-3-5-12(20-10)13(17)16-7-9-2-4-11(14(18)19)15-6-9/h2-6H,7-8H2,1H3,(H,16,17)(H,18,19). The number of rotatable bonds is 6. The SMILES string of the molecule is CSCc1ccc(C(=O)NCc2ccc(C(=O)O)nc2)o1. The van der Waals surface area contributed by atoms with E-state index < -0.39 is 5.97 Å². The summed E-state index contributed by atoms with van der Waals surface area (Å²) in [6, 6.07) is 6.41. The second kappa shape index (κ2) is 6.94. The van der Waals surface area contributed by atoms with Crippen molar-refractivity contribution in [3.8, 4) is 0 Å². The molecule has 2 aromatic rings. The lowest BCUT2D eigenvalue weighted by molar-refractivity contribution is 0.0690. The number of nitrogens with zero attached hydrogens (tertiary/aromatic N) is 1. The highest BCUT2D eigenvalue weighted by molar-refractivity contribution is 7.97. The molecule has 110 valence electrons. The fraction of sp³-hybridized carbons (Fsp3) is 0.214. The second-order valence-corrected chi connectivity index (χ2v) is 5.10. The lowest BCUT2D eigenvalue weighted by Crippen LogP contribution is -2.22. The average molecular weight is 306 g/mol. The second-order valence-electron chi connectivity index (χ2n) is 4.24. The molecule has 0 aliphatic heterocycles. The molecule has 0 atom stereocenters. The van der Waals surface area contributed by atoms with Crippen LogP contribution < -0.4 is 5.32 Å². The van der Waals surface area contributed by atoms with E-state index in [1.165, 1.54) is 12.3 Å². The molecule has 0 saturated carbocycles. The Labute approximate surface area is 125 Å². The quantitative estimate of drug-likeness (QED) is 0.849. The van der Waals surface area contributed by atoms with E-state index in [-0.39, 0.29) is 23.9 Å². The minimum Gasteiger partial charge on any atom is -0.477 e. The van der Waals surface area contributed by atoms with Crippen LogP contribution in [0.2, 0.25) is 0 Å². The van der Waals surface area contributed by atoms with Crippen molar-refractivity contribution in [2.45, 2.75) is 12.3 Å².